The molecule has 0 saturated carbocycles. The Balaban J connectivity index is 1.90. The van der Waals surface area contributed by atoms with Crippen LogP contribution in [0.1, 0.15) is 36.6 Å². The number of rotatable bonds is 3. The molecule has 1 aliphatic rings. The van der Waals surface area contributed by atoms with Gasteiger partial charge in [0, 0.05) is 17.6 Å². The molecular formula is C20H26N2O2. The van der Waals surface area contributed by atoms with Crippen LogP contribution in [0.5, 0.6) is 0 Å². The van der Waals surface area contributed by atoms with E-state index in [9.17, 15) is 9.90 Å². The summed E-state index contributed by atoms with van der Waals surface area (Å²) in [7, 11) is 0. The lowest BCUT2D eigenvalue weighted by molar-refractivity contribution is -0.136. The van der Waals surface area contributed by atoms with Gasteiger partial charge in [0.15, 0.2) is 0 Å². The number of hydrogen-bond acceptors (Lipinski definition) is 3. The number of nitrogens with zero attached hydrogens (tertiary/aromatic N) is 2. The van der Waals surface area contributed by atoms with Crippen LogP contribution in [0.2, 0.25) is 0 Å². The maximum atomic E-state index is 12.9. The molecule has 128 valence electrons. The number of carbonyl (C=O) groups excluding carboxylic acids is 1. The molecule has 2 heterocycles. The molecule has 0 spiro atoms. The molecule has 2 unspecified atom stereocenters. The number of benzene rings is 1. The van der Waals surface area contributed by atoms with Gasteiger partial charge in [-0.3, -0.25) is 9.78 Å². The van der Waals surface area contributed by atoms with Crippen molar-refractivity contribution in [1.82, 2.24) is 9.88 Å². The largest absolute Gasteiger partial charge is 0.394 e. The van der Waals surface area contributed by atoms with Crippen molar-refractivity contribution in [3.05, 3.63) is 41.1 Å². The maximum Gasteiger partial charge on any atom is 0.227 e. The van der Waals surface area contributed by atoms with Gasteiger partial charge in [-0.25, -0.2) is 0 Å². The highest BCUT2D eigenvalue weighted by atomic mass is 16.3. The SMILES string of the molecule is Cc1nc2ccccc2c(C)c1CC(=O)N1CCCC(C)C1CO. The molecular weight excluding hydrogens is 300 g/mol. The monoisotopic (exact) mass is 326 g/mol. The van der Waals surface area contributed by atoms with Crippen LogP contribution in [0.15, 0.2) is 24.3 Å². The Labute approximate surface area is 143 Å². The van der Waals surface area contributed by atoms with Gasteiger partial charge in [-0.1, -0.05) is 25.1 Å². The number of piperidine rings is 1. The number of para-hydroxylation sites is 1. The maximum absolute atomic E-state index is 12.9. The first-order chi connectivity index (χ1) is 11.5. The Morgan fingerprint density at radius 3 is 2.83 bits per heavy atom. The number of pyridine rings is 1. The quantitative estimate of drug-likeness (QED) is 0.943. The predicted octanol–water partition coefficient (Wildman–Crippen LogP) is 3.01. The zero-order valence-corrected chi connectivity index (χ0v) is 14.7. The van der Waals surface area contributed by atoms with E-state index in [0.717, 1.165) is 47.1 Å². The van der Waals surface area contributed by atoms with E-state index < -0.39 is 0 Å². The van der Waals surface area contributed by atoms with Crippen LogP contribution in [0.25, 0.3) is 10.9 Å². The number of likely N-dealkylation sites (tertiary alicyclic amines) is 1. The lowest BCUT2D eigenvalue weighted by Gasteiger charge is -2.39. The van der Waals surface area contributed by atoms with Crippen LogP contribution < -0.4 is 0 Å². The molecule has 4 nitrogen and oxygen atoms in total. The molecule has 1 aliphatic heterocycles. The molecule has 1 fully saturated rings. The minimum Gasteiger partial charge on any atom is -0.394 e. The summed E-state index contributed by atoms with van der Waals surface area (Å²) in [5.41, 5.74) is 4.05. The van der Waals surface area contributed by atoms with E-state index in [1.54, 1.807) is 0 Å². The van der Waals surface area contributed by atoms with Gasteiger partial charge in [0.25, 0.3) is 0 Å². The Morgan fingerprint density at radius 1 is 1.33 bits per heavy atom. The van der Waals surface area contributed by atoms with E-state index in [-0.39, 0.29) is 18.6 Å². The summed E-state index contributed by atoms with van der Waals surface area (Å²) >= 11 is 0. The van der Waals surface area contributed by atoms with Gasteiger partial charge in [-0.15, -0.1) is 0 Å². The Morgan fingerprint density at radius 2 is 2.08 bits per heavy atom. The molecule has 3 rings (SSSR count). The third-order valence-electron chi connectivity index (χ3n) is 5.44. The van der Waals surface area contributed by atoms with Crippen LogP contribution >= 0.6 is 0 Å². The Kier molecular flexibility index (Phi) is 4.86. The average Bonchev–Trinajstić information content (AvgIpc) is 2.58. The van der Waals surface area contributed by atoms with Gasteiger partial charge in [0.2, 0.25) is 5.91 Å². The molecule has 0 radical (unpaired) electrons. The summed E-state index contributed by atoms with van der Waals surface area (Å²) in [5.74, 6) is 0.452. The van der Waals surface area contributed by atoms with Crippen molar-refractivity contribution >= 4 is 16.8 Å². The van der Waals surface area contributed by atoms with Gasteiger partial charge in [0.05, 0.1) is 24.6 Å². The minimum absolute atomic E-state index is 0.0425. The summed E-state index contributed by atoms with van der Waals surface area (Å²) in [6.45, 7) is 6.95. The molecule has 24 heavy (non-hydrogen) atoms. The van der Waals surface area contributed by atoms with Crippen LogP contribution in [-0.2, 0) is 11.2 Å². The Bertz CT molecular complexity index is 757. The van der Waals surface area contributed by atoms with Gasteiger partial charge in [0.1, 0.15) is 0 Å². The first-order valence-corrected chi connectivity index (χ1v) is 8.78. The summed E-state index contributed by atoms with van der Waals surface area (Å²) in [4.78, 5) is 19.5. The third kappa shape index (κ3) is 3.03. The van der Waals surface area contributed by atoms with Gasteiger partial charge in [-0.2, -0.15) is 0 Å². The summed E-state index contributed by atoms with van der Waals surface area (Å²) in [5, 5.41) is 10.8. The lowest BCUT2D eigenvalue weighted by atomic mass is 9.90. The number of hydrogen-bond donors (Lipinski definition) is 1. The van der Waals surface area contributed by atoms with Crippen LogP contribution in [-0.4, -0.2) is 40.1 Å². The van der Waals surface area contributed by atoms with E-state index >= 15 is 0 Å². The fourth-order valence-electron chi connectivity index (χ4n) is 3.92. The van der Waals surface area contributed by atoms with E-state index in [1.165, 1.54) is 0 Å². The number of aliphatic hydroxyl groups is 1. The van der Waals surface area contributed by atoms with Gasteiger partial charge >= 0.3 is 0 Å². The second kappa shape index (κ2) is 6.89. The molecule has 1 amide bonds. The van der Waals surface area contributed by atoms with Crippen LogP contribution in [0.3, 0.4) is 0 Å². The van der Waals surface area contributed by atoms with Crippen molar-refractivity contribution in [3.8, 4) is 0 Å². The highest BCUT2D eigenvalue weighted by Gasteiger charge is 2.31. The van der Waals surface area contributed by atoms with Gasteiger partial charge in [-0.05, 0) is 49.8 Å². The predicted molar refractivity (Wildman–Crippen MR) is 95.9 cm³/mol. The van der Waals surface area contributed by atoms with Crippen LogP contribution in [0.4, 0.5) is 0 Å². The van der Waals surface area contributed by atoms with Crippen LogP contribution in [0, 0.1) is 19.8 Å². The zero-order valence-electron chi connectivity index (χ0n) is 14.7. The smallest absolute Gasteiger partial charge is 0.227 e. The minimum atomic E-state index is -0.0553. The van der Waals surface area contributed by atoms with E-state index in [4.69, 9.17) is 0 Å². The number of amides is 1. The molecule has 4 heteroatoms. The number of aromatic nitrogens is 1. The highest BCUT2D eigenvalue weighted by Crippen LogP contribution is 2.26. The van der Waals surface area contributed by atoms with Crippen molar-refractivity contribution in [2.45, 2.75) is 46.1 Å². The second-order valence-electron chi connectivity index (χ2n) is 6.95. The lowest BCUT2D eigenvalue weighted by Crippen LogP contribution is -2.50. The van der Waals surface area contributed by atoms with Crippen molar-refractivity contribution in [2.24, 2.45) is 5.92 Å². The van der Waals surface area contributed by atoms with E-state index in [2.05, 4.69) is 24.9 Å². The number of aliphatic hydroxyl groups excluding tert-OH is 1. The van der Waals surface area contributed by atoms with Crippen molar-refractivity contribution in [2.75, 3.05) is 13.2 Å². The molecule has 1 saturated heterocycles. The van der Waals surface area contributed by atoms with Crippen molar-refractivity contribution in [1.29, 1.82) is 0 Å². The van der Waals surface area contributed by atoms with E-state index in [0.29, 0.717) is 12.3 Å². The normalized spacial score (nSPS) is 21.2. The first-order valence-electron chi connectivity index (χ1n) is 8.78. The van der Waals surface area contributed by atoms with Crippen molar-refractivity contribution < 1.29 is 9.90 Å². The third-order valence-corrected chi connectivity index (χ3v) is 5.44. The molecule has 1 aromatic heterocycles. The fraction of sp³-hybridized carbons (Fsp3) is 0.500. The zero-order chi connectivity index (χ0) is 17.3. The first kappa shape index (κ1) is 16.9. The average molecular weight is 326 g/mol. The molecule has 2 aromatic rings. The standard InChI is InChI=1S/C20H26N2O2/c1-13-7-6-10-22(19(13)12-23)20(24)11-17-14(2)16-8-4-5-9-18(16)21-15(17)3/h4-5,8-9,13,19,23H,6-7,10-12H2,1-3H3. The summed E-state index contributed by atoms with van der Waals surface area (Å²) in [6, 6.07) is 8.01. The number of carbonyl (C=O) groups is 1. The number of fused-ring (bicyclic) bond motifs is 1. The molecule has 2 atom stereocenters. The molecule has 1 N–H and O–H groups in total. The molecule has 0 aliphatic carbocycles. The molecule has 0 bridgehead atoms. The topological polar surface area (TPSA) is 53.4 Å². The Hall–Kier alpha value is -1.94. The fourth-order valence-corrected chi connectivity index (χ4v) is 3.92. The van der Waals surface area contributed by atoms with Crippen molar-refractivity contribution in [3.63, 3.8) is 0 Å². The molecule has 1 aromatic carbocycles. The van der Waals surface area contributed by atoms with Gasteiger partial charge < -0.3 is 10.0 Å². The second-order valence-corrected chi connectivity index (χ2v) is 6.95. The van der Waals surface area contributed by atoms with E-state index in [1.807, 2.05) is 30.0 Å². The summed E-state index contributed by atoms with van der Waals surface area (Å²) < 4.78 is 0. The number of aryl methyl sites for hydroxylation is 2. The highest BCUT2D eigenvalue weighted by molar-refractivity contribution is 5.86. The summed E-state index contributed by atoms with van der Waals surface area (Å²) in [6.07, 6.45) is 2.45.